The Hall–Kier alpha value is -1.09. The van der Waals surface area contributed by atoms with Crippen LogP contribution in [0.2, 0.25) is 0 Å². The Balaban J connectivity index is 2.02. The van der Waals surface area contributed by atoms with Crippen LogP contribution in [0, 0.1) is 17.7 Å². The molecule has 1 saturated heterocycles. The van der Waals surface area contributed by atoms with Crippen molar-refractivity contribution < 1.29 is 9.13 Å². The van der Waals surface area contributed by atoms with Gasteiger partial charge in [-0.2, -0.15) is 0 Å². The second kappa shape index (κ2) is 7.07. The summed E-state index contributed by atoms with van der Waals surface area (Å²) in [5, 5.41) is 0. The normalized spacial score (nSPS) is 21.7. The summed E-state index contributed by atoms with van der Waals surface area (Å²) < 4.78 is 19.1. The molecule has 1 unspecified atom stereocenters. The first kappa shape index (κ1) is 15.3. The van der Waals surface area contributed by atoms with Gasteiger partial charge in [0, 0.05) is 18.7 Å². The Morgan fingerprint density at radius 2 is 2.25 bits per heavy atom. The number of benzene rings is 1. The molecule has 2 atom stereocenters. The summed E-state index contributed by atoms with van der Waals surface area (Å²) in [5.41, 5.74) is 0.745. The van der Waals surface area contributed by atoms with E-state index in [4.69, 9.17) is 4.74 Å². The Morgan fingerprint density at radius 3 is 2.95 bits per heavy atom. The molecular weight excluding hydrogens is 253 g/mol. The number of halogens is 1. The van der Waals surface area contributed by atoms with Gasteiger partial charge >= 0.3 is 0 Å². The third-order valence-electron chi connectivity index (χ3n) is 4.64. The van der Waals surface area contributed by atoms with Crippen LogP contribution in [0.25, 0.3) is 0 Å². The SMILES string of the molecule is CCC(C)[C@@H]1CCCN(Cc2cc(OC)ccc2F)C1. The molecule has 0 radical (unpaired) electrons. The molecule has 1 heterocycles. The number of nitrogens with zero attached hydrogens (tertiary/aromatic N) is 1. The van der Waals surface area contributed by atoms with Gasteiger partial charge in [-0.05, 0) is 49.4 Å². The number of likely N-dealkylation sites (tertiary alicyclic amines) is 1. The Labute approximate surface area is 121 Å². The van der Waals surface area contributed by atoms with Gasteiger partial charge in [-0.15, -0.1) is 0 Å². The van der Waals surface area contributed by atoms with Gasteiger partial charge in [0.15, 0.2) is 0 Å². The third kappa shape index (κ3) is 3.72. The van der Waals surface area contributed by atoms with Crippen molar-refractivity contribution in [1.29, 1.82) is 0 Å². The largest absolute Gasteiger partial charge is 0.497 e. The van der Waals surface area contributed by atoms with Crippen LogP contribution in [0.1, 0.15) is 38.7 Å². The molecule has 0 aliphatic carbocycles. The zero-order valence-corrected chi connectivity index (χ0v) is 12.9. The molecule has 1 aliphatic rings. The molecule has 0 spiro atoms. The minimum Gasteiger partial charge on any atom is -0.497 e. The fourth-order valence-electron chi connectivity index (χ4n) is 3.07. The molecule has 0 saturated carbocycles. The quantitative estimate of drug-likeness (QED) is 0.805. The van der Waals surface area contributed by atoms with Crippen molar-refractivity contribution in [2.75, 3.05) is 20.2 Å². The number of rotatable bonds is 5. The summed E-state index contributed by atoms with van der Waals surface area (Å²) in [5.74, 6) is 2.11. The fourth-order valence-corrected chi connectivity index (χ4v) is 3.07. The van der Waals surface area contributed by atoms with E-state index >= 15 is 0 Å². The average molecular weight is 279 g/mol. The van der Waals surface area contributed by atoms with E-state index in [0.29, 0.717) is 6.54 Å². The van der Waals surface area contributed by atoms with Gasteiger partial charge in [-0.3, -0.25) is 4.90 Å². The fraction of sp³-hybridized carbons (Fsp3) is 0.647. The maximum atomic E-state index is 13.9. The highest BCUT2D eigenvalue weighted by Gasteiger charge is 2.24. The Morgan fingerprint density at radius 1 is 1.45 bits per heavy atom. The van der Waals surface area contributed by atoms with Crippen molar-refractivity contribution >= 4 is 0 Å². The minimum atomic E-state index is -0.128. The van der Waals surface area contributed by atoms with Crippen LogP contribution in [0.15, 0.2) is 18.2 Å². The van der Waals surface area contributed by atoms with E-state index in [1.165, 1.54) is 25.3 Å². The van der Waals surface area contributed by atoms with E-state index in [9.17, 15) is 4.39 Å². The second-order valence-electron chi connectivity index (χ2n) is 5.98. The molecule has 112 valence electrons. The lowest BCUT2D eigenvalue weighted by atomic mass is 9.85. The number of hydrogen-bond acceptors (Lipinski definition) is 2. The van der Waals surface area contributed by atoms with Crippen molar-refractivity contribution in [3.63, 3.8) is 0 Å². The standard InChI is InChI=1S/C17H26FNO/c1-4-13(2)14-6-5-9-19(11-14)12-15-10-16(20-3)7-8-17(15)18/h7-8,10,13-14H,4-6,9,11-12H2,1-3H3/t13?,14-/m1/s1. The topological polar surface area (TPSA) is 12.5 Å². The van der Waals surface area contributed by atoms with E-state index in [1.54, 1.807) is 13.2 Å². The zero-order chi connectivity index (χ0) is 14.5. The molecule has 2 rings (SSSR count). The average Bonchev–Trinajstić information content (AvgIpc) is 2.49. The molecule has 0 aromatic heterocycles. The van der Waals surface area contributed by atoms with E-state index in [-0.39, 0.29) is 5.82 Å². The molecule has 1 fully saturated rings. The molecule has 3 heteroatoms. The highest BCUT2D eigenvalue weighted by molar-refractivity contribution is 5.29. The monoisotopic (exact) mass is 279 g/mol. The number of piperidine rings is 1. The summed E-state index contributed by atoms with van der Waals surface area (Å²) >= 11 is 0. The van der Waals surface area contributed by atoms with Crippen LogP contribution >= 0.6 is 0 Å². The first-order valence-corrected chi connectivity index (χ1v) is 7.68. The molecule has 1 aromatic carbocycles. The zero-order valence-electron chi connectivity index (χ0n) is 12.9. The van der Waals surface area contributed by atoms with Crippen LogP contribution in [-0.2, 0) is 6.54 Å². The van der Waals surface area contributed by atoms with Crippen molar-refractivity contribution in [2.24, 2.45) is 11.8 Å². The molecule has 1 aromatic rings. The highest BCUT2D eigenvalue weighted by Crippen LogP contribution is 2.27. The maximum Gasteiger partial charge on any atom is 0.127 e. The van der Waals surface area contributed by atoms with E-state index in [2.05, 4.69) is 18.7 Å². The highest BCUT2D eigenvalue weighted by atomic mass is 19.1. The van der Waals surface area contributed by atoms with Crippen LogP contribution in [0.5, 0.6) is 5.75 Å². The van der Waals surface area contributed by atoms with E-state index in [0.717, 1.165) is 36.2 Å². The molecular formula is C17H26FNO. The predicted octanol–water partition coefficient (Wildman–Crippen LogP) is 4.09. The van der Waals surface area contributed by atoms with Crippen LogP contribution < -0.4 is 4.74 Å². The third-order valence-corrected chi connectivity index (χ3v) is 4.64. The molecule has 1 aliphatic heterocycles. The van der Waals surface area contributed by atoms with Crippen LogP contribution in [0.4, 0.5) is 4.39 Å². The number of methoxy groups -OCH3 is 1. The Bertz CT molecular complexity index is 435. The van der Waals surface area contributed by atoms with E-state index < -0.39 is 0 Å². The van der Waals surface area contributed by atoms with E-state index in [1.807, 2.05) is 6.07 Å². The smallest absolute Gasteiger partial charge is 0.127 e. The molecule has 0 amide bonds. The molecule has 0 bridgehead atoms. The van der Waals surface area contributed by atoms with Gasteiger partial charge in [0.05, 0.1) is 7.11 Å². The van der Waals surface area contributed by atoms with Gasteiger partial charge in [-0.25, -0.2) is 4.39 Å². The van der Waals surface area contributed by atoms with Crippen LogP contribution in [-0.4, -0.2) is 25.1 Å². The molecule has 2 nitrogen and oxygen atoms in total. The number of hydrogen-bond donors (Lipinski definition) is 0. The molecule has 0 N–H and O–H groups in total. The number of ether oxygens (including phenoxy) is 1. The summed E-state index contributed by atoms with van der Waals surface area (Å²) in [6.45, 7) is 7.44. The van der Waals surface area contributed by atoms with Gasteiger partial charge < -0.3 is 4.74 Å². The molecule has 20 heavy (non-hydrogen) atoms. The summed E-state index contributed by atoms with van der Waals surface area (Å²) in [4.78, 5) is 2.39. The van der Waals surface area contributed by atoms with Crippen molar-refractivity contribution in [3.8, 4) is 5.75 Å². The van der Waals surface area contributed by atoms with Gasteiger partial charge in [0.2, 0.25) is 0 Å². The van der Waals surface area contributed by atoms with Crippen molar-refractivity contribution in [3.05, 3.63) is 29.6 Å². The van der Waals surface area contributed by atoms with Gasteiger partial charge in [0.25, 0.3) is 0 Å². The lowest BCUT2D eigenvalue weighted by molar-refractivity contribution is 0.131. The Kier molecular flexibility index (Phi) is 5.41. The first-order chi connectivity index (χ1) is 9.63. The van der Waals surface area contributed by atoms with Gasteiger partial charge in [-0.1, -0.05) is 20.3 Å². The second-order valence-corrected chi connectivity index (χ2v) is 5.98. The maximum absolute atomic E-state index is 13.9. The van der Waals surface area contributed by atoms with Crippen LogP contribution in [0.3, 0.4) is 0 Å². The van der Waals surface area contributed by atoms with Crippen molar-refractivity contribution in [2.45, 2.75) is 39.7 Å². The minimum absolute atomic E-state index is 0.128. The lowest BCUT2D eigenvalue weighted by Crippen LogP contribution is -2.37. The first-order valence-electron chi connectivity index (χ1n) is 7.68. The summed E-state index contributed by atoms with van der Waals surface area (Å²) in [6.07, 6.45) is 3.76. The lowest BCUT2D eigenvalue weighted by Gasteiger charge is -2.35. The van der Waals surface area contributed by atoms with Crippen molar-refractivity contribution in [1.82, 2.24) is 4.90 Å². The van der Waals surface area contributed by atoms with Gasteiger partial charge in [0.1, 0.15) is 11.6 Å². The predicted molar refractivity (Wildman–Crippen MR) is 80.4 cm³/mol. The summed E-state index contributed by atoms with van der Waals surface area (Å²) in [7, 11) is 1.62. The summed E-state index contributed by atoms with van der Waals surface area (Å²) in [6, 6.07) is 5.00.